The molecule has 23 heavy (non-hydrogen) atoms. The van der Waals surface area contributed by atoms with E-state index in [4.69, 9.17) is 4.74 Å². The molecule has 0 saturated heterocycles. The van der Waals surface area contributed by atoms with Crippen molar-refractivity contribution >= 4 is 5.91 Å². The Hall–Kier alpha value is -2.36. The number of benzene rings is 2. The number of carbonyl (C=O) groups is 1. The van der Waals surface area contributed by atoms with Gasteiger partial charge in [-0.05, 0) is 43.7 Å². The number of hydrogen-bond acceptors (Lipinski definition) is 2. The minimum atomic E-state index is -0.303. The Morgan fingerprint density at radius 2 is 1.74 bits per heavy atom. The Kier molecular flexibility index (Phi) is 6.15. The first-order valence-electron chi connectivity index (χ1n) is 7.78. The van der Waals surface area contributed by atoms with Crippen molar-refractivity contribution in [2.75, 3.05) is 6.61 Å². The highest BCUT2D eigenvalue weighted by molar-refractivity contribution is 5.76. The average molecular weight is 315 g/mol. The normalized spacial score (nSPS) is 10.6. The second-order valence-corrected chi connectivity index (χ2v) is 5.65. The average Bonchev–Trinajstić information content (AvgIpc) is 2.55. The third-order valence-electron chi connectivity index (χ3n) is 3.54. The van der Waals surface area contributed by atoms with Crippen molar-refractivity contribution in [1.29, 1.82) is 0 Å². The molecule has 2 rings (SSSR count). The van der Waals surface area contributed by atoms with E-state index in [0.29, 0.717) is 18.7 Å². The zero-order valence-corrected chi connectivity index (χ0v) is 13.5. The van der Waals surface area contributed by atoms with Crippen LogP contribution in [0.25, 0.3) is 0 Å². The molecule has 0 radical (unpaired) electrons. The molecule has 0 bridgehead atoms. The second kappa shape index (κ2) is 8.32. The monoisotopic (exact) mass is 315 g/mol. The molecule has 0 N–H and O–H groups in total. The summed E-state index contributed by atoms with van der Waals surface area (Å²) in [6, 6.07) is 15.8. The molecule has 0 saturated carbocycles. The maximum Gasteiger partial charge on any atom is 0.226 e. The molecule has 1 amide bonds. The Bertz CT molecular complexity index is 611. The first-order valence-corrected chi connectivity index (χ1v) is 7.78. The number of amides is 1. The Labute approximate surface area is 136 Å². The Morgan fingerprint density at radius 3 is 2.35 bits per heavy atom. The van der Waals surface area contributed by atoms with Crippen molar-refractivity contribution in [2.45, 2.75) is 32.9 Å². The van der Waals surface area contributed by atoms with E-state index < -0.39 is 0 Å². The zero-order chi connectivity index (χ0) is 16.7. The first-order chi connectivity index (χ1) is 11.1. The van der Waals surface area contributed by atoms with Crippen LogP contribution in [0.1, 0.15) is 25.8 Å². The summed E-state index contributed by atoms with van der Waals surface area (Å²) in [4.78, 5) is 14.3. The van der Waals surface area contributed by atoms with Crippen LogP contribution >= 0.6 is 0 Å². The SMILES string of the molecule is CC(C)N(Cc1ccccc1)C(=O)CCOc1ccc(F)cc1. The smallest absolute Gasteiger partial charge is 0.226 e. The van der Waals surface area contributed by atoms with E-state index in [1.54, 1.807) is 12.1 Å². The number of carbonyl (C=O) groups excluding carboxylic acids is 1. The summed E-state index contributed by atoms with van der Waals surface area (Å²) in [5.41, 5.74) is 1.11. The standard InChI is InChI=1S/C19H22FNO2/c1-15(2)21(14-16-6-4-3-5-7-16)19(22)12-13-23-18-10-8-17(20)9-11-18/h3-11,15H,12-14H2,1-2H3. The summed E-state index contributed by atoms with van der Waals surface area (Å²) in [6.07, 6.45) is 0.294. The van der Waals surface area contributed by atoms with Crippen LogP contribution in [0.5, 0.6) is 5.75 Å². The number of nitrogens with zero attached hydrogens (tertiary/aromatic N) is 1. The fourth-order valence-corrected chi connectivity index (χ4v) is 2.27. The van der Waals surface area contributed by atoms with Gasteiger partial charge in [0.15, 0.2) is 0 Å². The summed E-state index contributed by atoms with van der Waals surface area (Å²) in [6.45, 7) is 4.87. The third-order valence-corrected chi connectivity index (χ3v) is 3.54. The van der Waals surface area contributed by atoms with Gasteiger partial charge in [0.05, 0.1) is 13.0 Å². The van der Waals surface area contributed by atoms with Crippen LogP contribution in [0.15, 0.2) is 54.6 Å². The van der Waals surface area contributed by atoms with Gasteiger partial charge < -0.3 is 9.64 Å². The van der Waals surface area contributed by atoms with Gasteiger partial charge in [0.2, 0.25) is 5.91 Å². The lowest BCUT2D eigenvalue weighted by Crippen LogP contribution is -2.37. The van der Waals surface area contributed by atoms with Crippen molar-refractivity contribution in [1.82, 2.24) is 4.90 Å². The van der Waals surface area contributed by atoms with Crippen LogP contribution in [0.2, 0.25) is 0 Å². The van der Waals surface area contributed by atoms with E-state index in [2.05, 4.69) is 0 Å². The molecule has 2 aromatic carbocycles. The van der Waals surface area contributed by atoms with Crippen LogP contribution in [0, 0.1) is 5.82 Å². The minimum absolute atomic E-state index is 0.0472. The lowest BCUT2D eigenvalue weighted by atomic mass is 10.2. The molecule has 0 aliphatic carbocycles. The predicted molar refractivity (Wildman–Crippen MR) is 88.6 cm³/mol. The van der Waals surface area contributed by atoms with Crippen LogP contribution < -0.4 is 4.74 Å². The van der Waals surface area contributed by atoms with Crippen molar-refractivity contribution in [3.63, 3.8) is 0 Å². The van der Waals surface area contributed by atoms with Crippen LogP contribution in [-0.4, -0.2) is 23.5 Å². The van der Waals surface area contributed by atoms with Gasteiger partial charge in [0.1, 0.15) is 11.6 Å². The molecule has 122 valence electrons. The molecule has 0 aliphatic heterocycles. The molecule has 0 aromatic heterocycles. The molecular formula is C19H22FNO2. The van der Waals surface area contributed by atoms with Crippen molar-refractivity contribution < 1.29 is 13.9 Å². The van der Waals surface area contributed by atoms with Gasteiger partial charge in [0.25, 0.3) is 0 Å². The molecule has 4 heteroatoms. The van der Waals surface area contributed by atoms with Gasteiger partial charge in [-0.15, -0.1) is 0 Å². The molecule has 0 unspecified atom stereocenters. The minimum Gasteiger partial charge on any atom is -0.493 e. The van der Waals surface area contributed by atoms with Crippen molar-refractivity contribution in [3.8, 4) is 5.75 Å². The highest BCUT2D eigenvalue weighted by Gasteiger charge is 2.17. The highest BCUT2D eigenvalue weighted by Crippen LogP contribution is 2.13. The van der Waals surface area contributed by atoms with Crippen LogP contribution in [-0.2, 0) is 11.3 Å². The number of rotatable bonds is 7. The lowest BCUT2D eigenvalue weighted by molar-refractivity contribution is -0.134. The van der Waals surface area contributed by atoms with Gasteiger partial charge in [0, 0.05) is 12.6 Å². The maximum atomic E-state index is 12.8. The number of halogens is 1. The first kappa shape index (κ1) is 17.0. The zero-order valence-electron chi connectivity index (χ0n) is 13.5. The molecular weight excluding hydrogens is 293 g/mol. The van der Waals surface area contributed by atoms with Gasteiger partial charge in [-0.3, -0.25) is 4.79 Å². The summed E-state index contributed by atoms with van der Waals surface area (Å²) < 4.78 is 18.3. The van der Waals surface area contributed by atoms with Gasteiger partial charge in [-0.2, -0.15) is 0 Å². The largest absolute Gasteiger partial charge is 0.493 e. The number of ether oxygens (including phenoxy) is 1. The fraction of sp³-hybridized carbons (Fsp3) is 0.316. The van der Waals surface area contributed by atoms with E-state index in [1.807, 2.05) is 49.1 Å². The molecule has 3 nitrogen and oxygen atoms in total. The fourth-order valence-electron chi connectivity index (χ4n) is 2.27. The van der Waals surface area contributed by atoms with Crippen LogP contribution in [0.3, 0.4) is 0 Å². The lowest BCUT2D eigenvalue weighted by Gasteiger charge is -2.27. The maximum absolute atomic E-state index is 12.8. The van der Waals surface area contributed by atoms with Gasteiger partial charge in [-0.25, -0.2) is 4.39 Å². The second-order valence-electron chi connectivity index (χ2n) is 5.65. The topological polar surface area (TPSA) is 29.5 Å². The third kappa shape index (κ3) is 5.40. The summed E-state index contributed by atoms with van der Waals surface area (Å²) in [5.74, 6) is 0.312. The molecule has 2 aromatic rings. The van der Waals surface area contributed by atoms with E-state index >= 15 is 0 Å². The van der Waals surface area contributed by atoms with Gasteiger partial charge >= 0.3 is 0 Å². The molecule has 0 spiro atoms. The van der Waals surface area contributed by atoms with Crippen molar-refractivity contribution in [2.24, 2.45) is 0 Å². The Balaban J connectivity index is 1.87. The number of hydrogen-bond donors (Lipinski definition) is 0. The summed E-state index contributed by atoms with van der Waals surface area (Å²) in [7, 11) is 0. The van der Waals surface area contributed by atoms with Crippen LogP contribution in [0.4, 0.5) is 4.39 Å². The highest BCUT2D eigenvalue weighted by atomic mass is 19.1. The quantitative estimate of drug-likeness (QED) is 0.772. The molecule has 0 heterocycles. The van der Waals surface area contributed by atoms with E-state index in [0.717, 1.165) is 5.56 Å². The molecule has 0 atom stereocenters. The summed E-state index contributed by atoms with van der Waals surface area (Å²) in [5, 5.41) is 0. The van der Waals surface area contributed by atoms with Gasteiger partial charge in [-0.1, -0.05) is 30.3 Å². The summed E-state index contributed by atoms with van der Waals surface area (Å²) >= 11 is 0. The predicted octanol–water partition coefficient (Wildman–Crippen LogP) is 4.03. The Morgan fingerprint density at radius 1 is 1.09 bits per heavy atom. The molecule has 0 fully saturated rings. The van der Waals surface area contributed by atoms with Crippen molar-refractivity contribution in [3.05, 3.63) is 66.0 Å². The van der Waals surface area contributed by atoms with E-state index in [9.17, 15) is 9.18 Å². The molecule has 0 aliphatic rings. The van der Waals surface area contributed by atoms with E-state index in [-0.39, 0.29) is 24.4 Å². The van der Waals surface area contributed by atoms with E-state index in [1.165, 1.54) is 12.1 Å².